The Kier molecular flexibility index (Phi) is 4.26. The first-order valence-electron chi connectivity index (χ1n) is 5.87. The molecule has 0 saturated carbocycles. The average molecular weight is 289 g/mol. The maximum atomic E-state index is 12.4. The van der Waals surface area contributed by atoms with Gasteiger partial charge in [0.25, 0.3) is 0 Å². The van der Waals surface area contributed by atoms with Crippen LogP contribution in [-0.4, -0.2) is 16.3 Å². The number of aromatic nitrogens is 2. The lowest BCUT2D eigenvalue weighted by molar-refractivity contribution is -0.137. The summed E-state index contributed by atoms with van der Waals surface area (Å²) in [6.07, 6.45) is -2.44. The van der Waals surface area contributed by atoms with Crippen molar-refractivity contribution in [2.75, 3.05) is 6.54 Å². The van der Waals surface area contributed by atoms with Gasteiger partial charge in [0.1, 0.15) is 0 Å². The highest BCUT2D eigenvalue weighted by molar-refractivity contribution is 7.11. The van der Waals surface area contributed by atoms with Crippen LogP contribution in [0.2, 0.25) is 0 Å². The zero-order chi connectivity index (χ0) is 13.9. The van der Waals surface area contributed by atoms with E-state index in [1.54, 1.807) is 11.3 Å². The van der Waals surface area contributed by atoms with E-state index in [9.17, 15) is 13.2 Å². The Hall–Kier alpha value is -1.34. The fraction of sp³-hybridized carbons (Fsp3) is 0.417. The fourth-order valence-electron chi connectivity index (χ4n) is 1.61. The topological polar surface area (TPSA) is 29.9 Å². The van der Waals surface area contributed by atoms with Crippen LogP contribution >= 0.6 is 11.3 Å². The van der Waals surface area contributed by atoms with Crippen LogP contribution in [0.5, 0.6) is 0 Å². The third kappa shape index (κ3) is 3.81. The molecule has 0 radical (unpaired) electrons. The molecule has 104 valence electrons. The van der Waals surface area contributed by atoms with Crippen LogP contribution in [0, 0.1) is 0 Å². The number of hydrogen-bond donors (Lipinski definition) is 1. The van der Waals surface area contributed by atoms with E-state index in [1.807, 2.05) is 19.1 Å². The summed E-state index contributed by atoms with van der Waals surface area (Å²) < 4.78 is 38.6. The zero-order valence-corrected chi connectivity index (χ0v) is 11.2. The van der Waals surface area contributed by atoms with Gasteiger partial charge in [-0.1, -0.05) is 6.92 Å². The van der Waals surface area contributed by atoms with Crippen LogP contribution in [0.3, 0.4) is 0 Å². The Morgan fingerprint density at radius 3 is 2.68 bits per heavy atom. The normalized spacial score (nSPS) is 12.0. The molecule has 0 amide bonds. The maximum Gasteiger partial charge on any atom is 0.419 e. The van der Waals surface area contributed by atoms with Gasteiger partial charge in [-0.3, -0.25) is 4.68 Å². The predicted molar refractivity (Wildman–Crippen MR) is 68.0 cm³/mol. The monoisotopic (exact) mass is 289 g/mol. The number of hydrogen-bond acceptors (Lipinski definition) is 3. The molecule has 0 bridgehead atoms. The van der Waals surface area contributed by atoms with Gasteiger partial charge >= 0.3 is 6.18 Å². The van der Waals surface area contributed by atoms with Crippen LogP contribution < -0.4 is 5.32 Å². The minimum absolute atomic E-state index is 0.368. The molecule has 3 nitrogen and oxygen atoms in total. The molecule has 1 N–H and O–H groups in total. The van der Waals surface area contributed by atoms with Gasteiger partial charge in [0, 0.05) is 22.5 Å². The molecule has 0 unspecified atom stereocenters. The molecule has 0 aliphatic heterocycles. The molecule has 0 fully saturated rings. The van der Waals surface area contributed by atoms with E-state index in [-0.39, 0.29) is 0 Å². The molecule has 7 heteroatoms. The van der Waals surface area contributed by atoms with E-state index >= 15 is 0 Å². The maximum absolute atomic E-state index is 12.4. The second-order valence-electron chi connectivity index (χ2n) is 4.07. The number of thiophene rings is 1. The molecule has 2 aromatic rings. The van der Waals surface area contributed by atoms with Crippen LogP contribution in [0.15, 0.2) is 24.5 Å². The van der Waals surface area contributed by atoms with Gasteiger partial charge in [0.05, 0.1) is 18.3 Å². The van der Waals surface area contributed by atoms with E-state index in [0.717, 1.165) is 30.4 Å². The number of alkyl halides is 3. The second kappa shape index (κ2) is 5.75. The first kappa shape index (κ1) is 14.1. The lowest BCUT2D eigenvalue weighted by atomic mass is 10.3. The average Bonchev–Trinajstić information content (AvgIpc) is 2.95. The summed E-state index contributed by atoms with van der Waals surface area (Å²) in [5.74, 6) is 0. The Morgan fingerprint density at radius 1 is 1.32 bits per heavy atom. The number of rotatable bonds is 5. The summed E-state index contributed by atoms with van der Waals surface area (Å²) in [7, 11) is 0. The quantitative estimate of drug-likeness (QED) is 0.916. The Morgan fingerprint density at radius 2 is 2.05 bits per heavy atom. The standard InChI is InChI=1S/C12H14F3N3S/c1-2-16-6-10-3-4-11(19-10)8-18-7-9(5-17-18)12(13,14)15/h3-5,7,16H,2,6,8H2,1H3. The van der Waals surface area contributed by atoms with Crippen molar-refractivity contribution in [1.82, 2.24) is 15.1 Å². The number of nitrogens with zero attached hydrogens (tertiary/aromatic N) is 2. The molecule has 0 aromatic carbocycles. The van der Waals surface area contributed by atoms with Crippen molar-refractivity contribution in [2.45, 2.75) is 26.2 Å². The highest BCUT2D eigenvalue weighted by Gasteiger charge is 2.32. The van der Waals surface area contributed by atoms with Gasteiger partial charge < -0.3 is 5.32 Å². The van der Waals surface area contributed by atoms with Gasteiger partial charge in [-0.25, -0.2) is 0 Å². The largest absolute Gasteiger partial charge is 0.419 e. The molecular formula is C12H14F3N3S. The number of halogens is 3. The van der Waals surface area contributed by atoms with Crippen molar-refractivity contribution in [3.63, 3.8) is 0 Å². The zero-order valence-electron chi connectivity index (χ0n) is 10.4. The summed E-state index contributed by atoms with van der Waals surface area (Å²) in [6, 6.07) is 3.91. The summed E-state index contributed by atoms with van der Waals surface area (Å²) in [5, 5.41) is 6.94. The lowest BCUT2D eigenvalue weighted by Crippen LogP contribution is -2.10. The third-order valence-electron chi connectivity index (χ3n) is 2.54. The SMILES string of the molecule is CCNCc1ccc(Cn2cc(C(F)(F)F)cn2)s1. The minimum atomic E-state index is -4.33. The van der Waals surface area contributed by atoms with Crippen molar-refractivity contribution in [2.24, 2.45) is 0 Å². The molecular weight excluding hydrogens is 275 g/mol. The third-order valence-corrected chi connectivity index (χ3v) is 3.61. The van der Waals surface area contributed by atoms with Gasteiger partial charge in [0.2, 0.25) is 0 Å². The van der Waals surface area contributed by atoms with Crippen molar-refractivity contribution in [3.05, 3.63) is 39.8 Å². The van der Waals surface area contributed by atoms with E-state index in [2.05, 4.69) is 10.4 Å². The van der Waals surface area contributed by atoms with E-state index in [1.165, 1.54) is 9.56 Å². The Balaban J connectivity index is 2.01. The molecule has 0 spiro atoms. The van der Waals surface area contributed by atoms with E-state index in [0.29, 0.717) is 6.54 Å². The van der Waals surface area contributed by atoms with Crippen LogP contribution in [-0.2, 0) is 19.3 Å². The van der Waals surface area contributed by atoms with Crippen LogP contribution in [0.25, 0.3) is 0 Å². The predicted octanol–water partition coefficient (Wildman–Crippen LogP) is 3.12. The Bertz CT molecular complexity index is 530. The molecule has 0 aliphatic carbocycles. The van der Waals surface area contributed by atoms with Crippen LogP contribution in [0.4, 0.5) is 13.2 Å². The van der Waals surface area contributed by atoms with Crippen molar-refractivity contribution in [1.29, 1.82) is 0 Å². The minimum Gasteiger partial charge on any atom is -0.312 e. The van der Waals surface area contributed by atoms with E-state index in [4.69, 9.17) is 0 Å². The molecule has 2 heterocycles. The second-order valence-corrected chi connectivity index (χ2v) is 5.33. The van der Waals surface area contributed by atoms with Crippen molar-refractivity contribution >= 4 is 11.3 Å². The van der Waals surface area contributed by atoms with Crippen molar-refractivity contribution < 1.29 is 13.2 Å². The van der Waals surface area contributed by atoms with Gasteiger partial charge in [0.15, 0.2) is 0 Å². The molecule has 0 saturated heterocycles. The molecule has 0 aliphatic rings. The summed E-state index contributed by atoms with van der Waals surface area (Å²) in [5.41, 5.74) is -0.711. The Labute approximate surface area is 113 Å². The summed E-state index contributed by atoms with van der Waals surface area (Å²) in [6.45, 7) is 4.07. The molecule has 0 atom stereocenters. The van der Waals surface area contributed by atoms with Crippen LogP contribution in [0.1, 0.15) is 22.2 Å². The highest BCUT2D eigenvalue weighted by atomic mass is 32.1. The first-order chi connectivity index (χ1) is 8.99. The van der Waals surface area contributed by atoms with Gasteiger partial charge in [-0.2, -0.15) is 18.3 Å². The molecule has 19 heavy (non-hydrogen) atoms. The fourth-order valence-corrected chi connectivity index (χ4v) is 2.59. The highest BCUT2D eigenvalue weighted by Crippen LogP contribution is 2.28. The smallest absolute Gasteiger partial charge is 0.312 e. The summed E-state index contributed by atoms with van der Waals surface area (Å²) >= 11 is 1.58. The molecule has 2 rings (SSSR count). The first-order valence-corrected chi connectivity index (χ1v) is 6.68. The lowest BCUT2D eigenvalue weighted by Gasteiger charge is -2.01. The van der Waals surface area contributed by atoms with Gasteiger partial charge in [-0.05, 0) is 18.7 Å². The van der Waals surface area contributed by atoms with Gasteiger partial charge in [-0.15, -0.1) is 11.3 Å². The van der Waals surface area contributed by atoms with Crippen molar-refractivity contribution in [3.8, 4) is 0 Å². The number of nitrogens with one attached hydrogen (secondary N) is 1. The molecule has 2 aromatic heterocycles. The van der Waals surface area contributed by atoms with E-state index < -0.39 is 11.7 Å². The summed E-state index contributed by atoms with van der Waals surface area (Å²) in [4.78, 5) is 2.16.